The zero-order chi connectivity index (χ0) is 13.4. The van der Waals surface area contributed by atoms with E-state index in [-0.39, 0.29) is 5.56 Å². The minimum absolute atomic E-state index is 0.117. The lowest BCUT2D eigenvalue weighted by molar-refractivity contribution is 1.08. The summed E-state index contributed by atoms with van der Waals surface area (Å²) in [5.41, 5.74) is 0.961. The van der Waals surface area contributed by atoms with E-state index in [1.807, 2.05) is 13.8 Å². The fourth-order valence-corrected chi connectivity index (χ4v) is 3.24. The molecule has 3 aromatic heterocycles. The van der Waals surface area contributed by atoms with Gasteiger partial charge in [0.25, 0.3) is 5.56 Å². The minimum atomic E-state index is -0.117. The minimum Gasteiger partial charge on any atom is -0.303 e. The van der Waals surface area contributed by atoms with Crippen molar-refractivity contribution in [2.24, 2.45) is 0 Å². The second kappa shape index (κ2) is 4.55. The van der Waals surface area contributed by atoms with Gasteiger partial charge in [-0.3, -0.25) is 4.79 Å². The molecule has 6 heteroatoms. The number of nitrogens with one attached hydrogen (secondary N) is 1. The van der Waals surface area contributed by atoms with Gasteiger partial charge in [0, 0.05) is 17.3 Å². The zero-order valence-corrected chi connectivity index (χ0v) is 11.4. The quantitative estimate of drug-likeness (QED) is 0.777. The van der Waals surface area contributed by atoms with E-state index in [0.717, 1.165) is 21.7 Å². The Bertz CT molecular complexity index is 792. The Morgan fingerprint density at radius 2 is 2.05 bits per heavy atom. The predicted octanol–water partition coefficient (Wildman–Crippen LogP) is 2.31. The van der Waals surface area contributed by atoms with Crippen LogP contribution in [0.4, 0.5) is 0 Å². The molecule has 0 aliphatic heterocycles. The van der Waals surface area contributed by atoms with Gasteiger partial charge in [0.15, 0.2) is 11.6 Å². The fourth-order valence-electron chi connectivity index (χ4n) is 2.13. The van der Waals surface area contributed by atoms with E-state index in [1.165, 1.54) is 11.3 Å². The number of thiophene rings is 1. The normalized spacial score (nSPS) is 11.1. The van der Waals surface area contributed by atoms with Crippen LogP contribution in [-0.2, 0) is 6.42 Å². The van der Waals surface area contributed by atoms with Crippen LogP contribution in [-0.4, -0.2) is 19.9 Å². The first-order valence-corrected chi connectivity index (χ1v) is 6.82. The molecule has 0 saturated heterocycles. The molecule has 0 aliphatic rings. The van der Waals surface area contributed by atoms with Gasteiger partial charge in [-0.1, -0.05) is 6.92 Å². The summed E-state index contributed by atoms with van der Waals surface area (Å²) in [6.45, 7) is 4.06. The summed E-state index contributed by atoms with van der Waals surface area (Å²) in [5, 5.41) is 0.699. The summed E-state index contributed by atoms with van der Waals surface area (Å²) in [4.78, 5) is 29.6. The number of hydrogen-bond acceptors (Lipinski definition) is 5. The first-order chi connectivity index (χ1) is 9.20. The van der Waals surface area contributed by atoms with E-state index in [1.54, 1.807) is 18.5 Å². The topological polar surface area (TPSA) is 71.5 Å². The number of rotatable bonds is 2. The van der Waals surface area contributed by atoms with E-state index in [0.29, 0.717) is 17.0 Å². The largest absolute Gasteiger partial charge is 0.303 e. The molecule has 19 heavy (non-hydrogen) atoms. The number of aromatic amines is 1. The maximum absolute atomic E-state index is 12.2. The molecule has 96 valence electrons. The summed E-state index contributed by atoms with van der Waals surface area (Å²) in [6, 6.07) is 1.73. The Labute approximate surface area is 113 Å². The molecule has 0 spiro atoms. The zero-order valence-electron chi connectivity index (χ0n) is 10.6. The average Bonchev–Trinajstić information content (AvgIpc) is 2.75. The third kappa shape index (κ3) is 1.94. The maximum atomic E-state index is 12.2. The average molecular weight is 272 g/mol. The van der Waals surface area contributed by atoms with Gasteiger partial charge < -0.3 is 4.98 Å². The molecule has 3 heterocycles. The lowest BCUT2D eigenvalue weighted by Crippen LogP contribution is -2.10. The molecule has 3 aromatic rings. The third-order valence-electron chi connectivity index (χ3n) is 2.99. The Kier molecular flexibility index (Phi) is 2.87. The van der Waals surface area contributed by atoms with Gasteiger partial charge in [-0.25, -0.2) is 15.0 Å². The molecular formula is C13H12N4OS. The Hall–Kier alpha value is -2.08. The highest BCUT2D eigenvalue weighted by Crippen LogP contribution is 2.27. The van der Waals surface area contributed by atoms with Crippen molar-refractivity contribution in [1.82, 2.24) is 19.9 Å². The SMILES string of the molecule is CCc1c(C)sc2nc(-c3ncccn3)[nH]c(=O)c12. The molecule has 0 unspecified atom stereocenters. The highest BCUT2D eigenvalue weighted by molar-refractivity contribution is 7.18. The standard InChI is InChI=1S/C13H12N4OS/c1-3-8-7(2)19-13-9(8)12(18)16-11(17-13)10-14-5-4-6-15-10/h4-6H,3H2,1-2H3,(H,16,17,18). The second-order valence-electron chi connectivity index (χ2n) is 4.16. The van der Waals surface area contributed by atoms with E-state index in [4.69, 9.17) is 0 Å². The summed E-state index contributed by atoms with van der Waals surface area (Å²) in [6.07, 6.45) is 4.09. The Morgan fingerprint density at radius 1 is 1.32 bits per heavy atom. The summed E-state index contributed by atoms with van der Waals surface area (Å²) in [7, 11) is 0. The number of fused-ring (bicyclic) bond motifs is 1. The first-order valence-electron chi connectivity index (χ1n) is 6.00. The number of aromatic nitrogens is 4. The van der Waals surface area contributed by atoms with Crippen LogP contribution in [0.1, 0.15) is 17.4 Å². The monoisotopic (exact) mass is 272 g/mol. The van der Waals surface area contributed by atoms with Crippen LogP contribution in [0.3, 0.4) is 0 Å². The molecular weight excluding hydrogens is 260 g/mol. The van der Waals surface area contributed by atoms with E-state index in [9.17, 15) is 4.79 Å². The van der Waals surface area contributed by atoms with Crippen LogP contribution in [0.5, 0.6) is 0 Å². The van der Waals surface area contributed by atoms with Gasteiger partial charge in [0.2, 0.25) is 0 Å². The van der Waals surface area contributed by atoms with Crippen LogP contribution >= 0.6 is 11.3 Å². The lowest BCUT2D eigenvalue weighted by atomic mass is 10.1. The van der Waals surface area contributed by atoms with Crippen molar-refractivity contribution < 1.29 is 0 Å². The number of H-pyrrole nitrogens is 1. The Morgan fingerprint density at radius 3 is 2.74 bits per heavy atom. The van der Waals surface area contributed by atoms with Crippen LogP contribution in [0.15, 0.2) is 23.3 Å². The van der Waals surface area contributed by atoms with Crippen molar-refractivity contribution in [2.75, 3.05) is 0 Å². The van der Waals surface area contributed by atoms with Gasteiger partial charge in [-0.05, 0) is 25.0 Å². The highest BCUT2D eigenvalue weighted by Gasteiger charge is 2.14. The van der Waals surface area contributed by atoms with Crippen LogP contribution in [0, 0.1) is 6.92 Å². The van der Waals surface area contributed by atoms with Gasteiger partial charge in [0.05, 0.1) is 5.39 Å². The molecule has 0 radical (unpaired) electrons. The predicted molar refractivity (Wildman–Crippen MR) is 75.4 cm³/mol. The molecule has 0 saturated carbocycles. The van der Waals surface area contributed by atoms with Crippen molar-refractivity contribution in [1.29, 1.82) is 0 Å². The molecule has 5 nitrogen and oxygen atoms in total. The van der Waals surface area contributed by atoms with Gasteiger partial charge in [0.1, 0.15) is 4.83 Å². The van der Waals surface area contributed by atoms with Crippen molar-refractivity contribution in [3.05, 3.63) is 39.3 Å². The molecule has 3 rings (SSSR count). The number of nitrogens with zero attached hydrogens (tertiary/aromatic N) is 3. The molecule has 0 aliphatic carbocycles. The first kappa shape index (κ1) is 12.0. The molecule has 1 N–H and O–H groups in total. The van der Waals surface area contributed by atoms with Crippen LogP contribution in [0.2, 0.25) is 0 Å². The summed E-state index contributed by atoms with van der Waals surface area (Å²) < 4.78 is 0. The highest BCUT2D eigenvalue weighted by atomic mass is 32.1. The van der Waals surface area contributed by atoms with Crippen molar-refractivity contribution >= 4 is 21.6 Å². The Balaban J connectivity index is 2.30. The summed E-state index contributed by atoms with van der Waals surface area (Å²) in [5.74, 6) is 0.854. The molecule has 0 bridgehead atoms. The molecule has 0 fully saturated rings. The molecule has 0 aromatic carbocycles. The van der Waals surface area contributed by atoms with E-state index >= 15 is 0 Å². The van der Waals surface area contributed by atoms with Crippen molar-refractivity contribution in [3.63, 3.8) is 0 Å². The number of aryl methyl sites for hydroxylation is 2. The summed E-state index contributed by atoms with van der Waals surface area (Å²) >= 11 is 1.54. The lowest BCUT2D eigenvalue weighted by Gasteiger charge is -1.99. The third-order valence-corrected chi connectivity index (χ3v) is 4.04. The van der Waals surface area contributed by atoms with Crippen LogP contribution in [0.25, 0.3) is 21.9 Å². The van der Waals surface area contributed by atoms with Crippen molar-refractivity contribution in [2.45, 2.75) is 20.3 Å². The smallest absolute Gasteiger partial charge is 0.260 e. The molecule has 0 atom stereocenters. The van der Waals surface area contributed by atoms with Crippen molar-refractivity contribution in [3.8, 4) is 11.6 Å². The van der Waals surface area contributed by atoms with E-state index < -0.39 is 0 Å². The maximum Gasteiger partial charge on any atom is 0.260 e. The molecule has 0 amide bonds. The van der Waals surface area contributed by atoms with Gasteiger partial charge >= 0.3 is 0 Å². The van der Waals surface area contributed by atoms with Gasteiger partial charge in [-0.15, -0.1) is 11.3 Å². The van der Waals surface area contributed by atoms with E-state index in [2.05, 4.69) is 19.9 Å². The fraction of sp³-hybridized carbons (Fsp3) is 0.231. The van der Waals surface area contributed by atoms with Gasteiger partial charge in [-0.2, -0.15) is 0 Å². The van der Waals surface area contributed by atoms with Crippen LogP contribution < -0.4 is 5.56 Å². The number of hydrogen-bond donors (Lipinski definition) is 1. The second-order valence-corrected chi connectivity index (χ2v) is 5.36.